The second kappa shape index (κ2) is 7.59. The molecule has 0 aliphatic rings. The van der Waals surface area contributed by atoms with Crippen LogP contribution in [0.15, 0.2) is 48.5 Å². The first-order valence-electron chi connectivity index (χ1n) is 8.65. The van der Waals surface area contributed by atoms with E-state index < -0.39 is 0 Å². The number of rotatable bonds is 0. The summed E-state index contributed by atoms with van der Waals surface area (Å²) < 4.78 is 0. The maximum Gasteiger partial charge on any atom is 2.00 e. The molecular weight excluding hydrogens is 347 g/mol. The van der Waals surface area contributed by atoms with E-state index in [1.165, 1.54) is 54.9 Å². The van der Waals surface area contributed by atoms with Gasteiger partial charge in [0, 0.05) is 0 Å². The van der Waals surface area contributed by atoms with Crippen molar-refractivity contribution in [1.29, 1.82) is 0 Å². The second-order valence-corrected chi connectivity index (χ2v) is 6.84. The van der Waals surface area contributed by atoms with E-state index in [1.807, 2.05) is 0 Å². The van der Waals surface area contributed by atoms with Crippen LogP contribution in [0, 0.1) is 41.5 Å². The SMILES string of the molecule is Cc1c(C)[c-](C)c2ccccc12.Cc1c(C)[c-](C)c2ccccc12.[Co+2]. The first kappa shape index (κ1) is 19.5. The summed E-state index contributed by atoms with van der Waals surface area (Å²) in [4.78, 5) is 0. The van der Waals surface area contributed by atoms with Crippen LogP contribution < -0.4 is 0 Å². The molecule has 0 fully saturated rings. The number of benzene rings is 2. The molecule has 0 nitrogen and oxygen atoms in total. The second-order valence-electron chi connectivity index (χ2n) is 6.84. The molecule has 0 aliphatic heterocycles. The Morgan fingerprint density at radius 1 is 0.560 bits per heavy atom. The fourth-order valence-electron chi connectivity index (χ4n) is 3.64. The van der Waals surface area contributed by atoms with E-state index in [1.54, 1.807) is 0 Å². The number of hydrogen-bond donors (Lipinski definition) is 0. The first-order chi connectivity index (χ1) is 11.4. The molecule has 0 unspecified atom stereocenters. The molecule has 0 heterocycles. The van der Waals surface area contributed by atoms with Gasteiger partial charge in [-0.25, -0.2) is 0 Å². The van der Waals surface area contributed by atoms with E-state index >= 15 is 0 Å². The molecule has 4 aromatic rings. The van der Waals surface area contributed by atoms with Crippen LogP contribution in [-0.2, 0) is 16.8 Å². The largest absolute Gasteiger partial charge is 2.00 e. The minimum Gasteiger partial charge on any atom is -0.153 e. The predicted octanol–water partition coefficient (Wildman–Crippen LogP) is 6.97. The topological polar surface area (TPSA) is 0 Å². The predicted molar refractivity (Wildman–Crippen MR) is 108 cm³/mol. The van der Waals surface area contributed by atoms with Crippen LogP contribution in [-0.4, -0.2) is 0 Å². The van der Waals surface area contributed by atoms with Crippen LogP contribution in [0.4, 0.5) is 0 Å². The van der Waals surface area contributed by atoms with E-state index in [9.17, 15) is 0 Å². The zero-order valence-electron chi connectivity index (χ0n) is 16.0. The van der Waals surface area contributed by atoms with Crippen molar-refractivity contribution in [3.05, 3.63) is 81.9 Å². The Hall–Kier alpha value is -1.83. The van der Waals surface area contributed by atoms with Crippen molar-refractivity contribution in [2.24, 2.45) is 0 Å². The van der Waals surface area contributed by atoms with E-state index in [0.29, 0.717) is 0 Å². The Kier molecular flexibility index (Phi) is 5.92. The molecule has 0 saturated carbocycles. The third kappa shape index (κ3) is 3.31. The fourth-order valence-corrected chi connectivity index (χ4v) is 3.64. The minimum atomic E-state index is 0. The van der Waals surface area contributed by atoms with E-state index in [2.05, 4.69) is 90.1 Å². The normalized spacial score (nSPS) is 10.5. The Morgan fingerprint density at radius 2 is 0.880 bits per heavy atom. The summed E-state index contributed by atoms with van der Waals surface area (Å²) in [6.45, 7) is 13.2. The van der Waals surface area contributed by atoms with Crippen LogP contribution >= 0.6 is 0 Å². The van der Waals surface area contributed by atoms with Crippen LogP contribution in [0.25, 0.3) is 21.5 Å². The fraction of sp³-hybridized carbons (Fsp3) is 0.250. The molecule has 25 heavy (non-hydrogen) atoms. The average molecular weight is 373 g/mol. The molecule has 0 aliphatic carbocycles. The molecule has 1 heteroatoms. The smallest absolute Gasteiger partial charge is 0.153 e. The van der Waals surface area contributed by atoms with Gasteiger partial charge in [0.05, 0.1) is 0 Å². The average Bonchev–Trinajstić information content (AvgIpc) is 2.98. The Labute approximate surface area is 161 Å². The zero-order valence-corrected chi connectivity index (χ0v) is 17.0. The van der Waals surface area contributed by atoms with Gasteiger partial charge in [0.1, 0.15) is 0 Å². The Balaban J connectivity index is 0.000000173. The van der Waals surface area contributed by atoms with Crippen molar-refractivity contribution in [2.75, 3.05) is 0 Å². The van der Waals surface area contributed by atoms with E-state index in [-0.39, 0.29) is 16.8 Å². The van der Waals surface area contributed by atoms with Crippen molar-refractivity contribution in [1.82, 2.24) is 0 Å². The molecule has 0 N–H and O–H groups in total. The third-order valence-electron chi connectivity index (χ3n) is 5.72. The number of aryl methyl sites for hydroxylation is 4. The molecule has 0 spiro atoms. The van der Waals surface area contributed by atoms with E-state index in [0.717, 1.165) is 0 Å². The van der Waals surface area contributed by atoms with Gasteiger partial charge in [0.2, 0.25) is 0 Å². The van der Waals surface area contributed by atoms with Crippen molar-refractivity contribution < 1.29 is 16.8 Å². The molecule has 0 aromatic heterocycles. The van der Waals surface area contributed by atoms with Gasteiger partial charge in [0.15, 0.2) is 0 Å². The molecule has 0 amide bonds. The van der Waals surface area contributed by atoms with Gasteiger partial charge in [-0.15, -0.1) is 80.2 Å². The Bertz CT molecular complexity index is 850. The quantitative estimate of drug-likeness (QED) is 0.292. The summed E-state index contributed by atoms with van der Waals surface area (Å²) in [6, 6.07) is 17.2. The molecule has 0 atom stereocenters. The maximum atomic E-state index is 2.20. The number of fused-ring (bicyclic) bond motifs is 2. The summed E-state index contributed by atoms with van der Waals surface area (Å²) in [5, 5.41) is 5.64. The van der Waals surface area contributed by atoms with Crippen molar-refractivity contribution in [3.8, 4) is 0 Å². The first-order valence-corrected chi connectivity index (χ1v) is 8.65. The van der Waals surface area contributed by atoms with E-state index in [4.69, 9.17) is 0 Å². The van der Waals surface area contributed by atoms with Crippen molar-refractivity contribution >= 4 is 21.5 Å². The molecule has 131 valence electrons. The monoisotopic (exact) mass is 373 g/mol. The van der Waals surface area contributed by atoms with Gasteiger partial charge in [0.25, 0.3) is 0 Å². The summed E-state index contributed by atoms with van der Waals surface area (Å²) >= 11 is 0. The molecule has 0 bridgehead atoms. The van der Waals surface area contributed by atoms with Crippen LogP contribution in [0.2, 0.25) is 0 Å². The third-order valence-corrected chi connectivity index (χ3v) is 5.72. The maximum absolute atomic E-state index is 2.20. The van der Waals surface area contributed by atoms with Crippen LogP contribution in [0.3, 0.4) is 0 Å². The summed E-state index contributed by atoms with van der Waals surface area (Å²) in [5.74, 6) is 0. The molecular formula is C24H26Co. The Morgan fingerprint density at radius 3 is 1.20 bits per heavy atom. The zero-order chi connectivity index (χ0) is 17.4. The molecule has 1 radical (unpaired) electrons. The van der Waals surface area contributed by atoms with Gasteiger partial charge in [-0.3, -0.25) is 0 Å². The number of hydrogen-bond acceptors (Lipinski definition) is 0. The van der Waals surface area contributed by atoms with Crippen LogP contribution in [0.5, 0.6) is 0 Å². The van der Waals surface area contributed by atoms with Crippen LogP contribution in [0.1, 0.15) is 33.4 Å². The van der Waals surface area contributed by atoms with Gasteiger partial charge in [-0.2, -0.15) is 11.1 Å². The summed E-state index contributed by atoms with van der Waals surface area (Å²) in [5.41, 5.74) is 8.62. The molecule has 4 aromatic carbocycles. The van der Waals surface area contributed by atoms with Gasteiger partial charge in [-0.05, 0) is 0 Å². The van der Waals surface area contributed by atoms with Gasteiger partial charge >= 0.3 is 16.8 Å². The molecule has 4 rings (SSSR count). The van der Waals surface area contributed by atoms with Crippen molar-refractivity contribution in [2.45, 2.75) is 41.5 Å². The summed E-state index contributed by atoms with van der Waals surface area (Å²) in [6.07, 6.45) is 0. The minimum absolute atomic E-state index is 0. The van der Waals surface area contributed by atoms with Gasteiger partial charge in [-0.1, -0.05) is 53.7 Å². The van der Waals surface area contributed by atoms with Crippen molar-refractivity contribution in [3.63, 3.8) is 0 Å². The summed E-state index contributed by atoms with van der Waals surface area (Å²) in [7, 11) is 0. The standard InChI is InChI=1S/2C12H13.Co/c2*1-8-9(2)11-6-4-5-7-12(11)10(8)3;/h2*4-7H,1-3H3;/q2*-1;+2. The van der Waals surface area contributed by atoms with Gasteiger partial charge < -0.3 is 0 Å². The molecule has 0 saturated heterocycles.